The minimum absolute atomic E-state index is 0.263. The van der Waals surface area contributed by atoms with Crippen LogP contribution in [0.25, 0.3) is 0 Å². The fourth-order valence-electron chi connectivity index (χ4n) is 13.9. The van der Waals surface area contributed by atoms with E-state index in [1.807, 2.05) is 0 Å². The van der Waals surface area contributed by atoms with Crippen molar-refractivity contribution in [3.63, 3.8) is 0 Å². The zero-order valence-electron chi connectivity index (χ0n) is 62.2. The number of ether oxygens (including phenoxy) is 2. The summed E-state index contributed by atoms with van der Waals surface area (Å²) in [7, 11) is 0. The van der Waals surface area contributed by atoms with Crippen LogP contribution in [0.2, 0.25) is 0 Å². The highest BCUT2D eigenvalue weighted by molar-refractivity contribution is 5.80. The van der Waals surface area contributed by atoms with Crippen LogP contribution in [0.3, 0.4) is 0 Å². The number of aliphatic hydroxyl groups is 7. The fraction of sp³-hybridized carbons (Fsp3) is 0.940. The van der Waals surface area contributed by atoms with Gasteiger partial charge in [-0.05, 0) is 44.9 Å². The van der Waals surface area contributed by atoms with Crippen LogP contribution in [0.5, 0.6) is 0 Å². The highest BCUT2D eigenvalue weighted by atomic mass is 16.7. The van der Waals surface area contributed by atoms with Gasteiger partial charge in [-0.25, -0.2) is 0 Å². The number of aliphatic hydroxyl groups excluding tert-OH is 7. The van der Waals surface area contributed by atoms with Crippen molar-refractivity contribution in [1.82, 2.24) is 5.32 Å². The van der Waals surface area contributed by atoms with Crippen molar-refractivity contribution >= 4 is 5.91 Å². The van der Waals surface area contributed by atoms with Crippen LogP contribution in [0.15, 0.2) is 24.3 Å². The van der Waals surface area contributed by atoms with Gasteiger partial charge in [0.15, 0.2) is 6.29 Å². The first-order chi connectivity index (χ1) is 46.2. The quantitative estimate of drug-likeness (QED) is 0.0215. The second kappa shape index (κ2) is 71.4. The normalized spacial score (nSPS) is 18.2. The van der Waals surface area contributed by atoms with Crippen molar-refractivity contribution in [2.75, 3.05) is 13.2 Å². The molecule has 1 saturated heterocycles. The second-order valence-electron chi connectivity index (χ2n) is 29.6. The lowest BCUT2D eigenvalue weighted by Gasteiger charge is -2.40. The molecule has 1 amide bonds. The van der Waals surface area contributed by atoms with E-state index in [1.165, 1.54) is 347 Å². The zero-order chi connectivity index (χ0) is 68.1. The molecule has 9 atom stereocenters. The molecule has 0 aromatic carbocycles. The molecule has 0 saturated carbocycles. The van der Waals surface area contributed by atoms with Gasteiger partial charge in [-0.1, -0.05) is 411 Å². The van der Waals surface area contributed by atoms with E-state index in [1.54, 1.807) is 0 Å². The van der Waals surface area contributed by atoms with Gasteiger partial charge in [-0.3, -0.25) is 4.79 Å². The first-order valence-corrected chi connectivity index (χ1v) is 41.7. The molecule has 0 radical (unpaired) electrons. The maximum atomic E-state index is 13.3. The molecule has 8 N–H and O–H groups in total. The molecule has 1 rings (SSSR count). The number of amides is 1. The molecule has 1 heterocycles. The van der Waals surface area contributed by atoms with E-state index in [0.29, 0.717) is 19.3 Å². The Bertz CT molecular complexity index is 1580. The molecule has 0 aromatic rings. The number of unbranched alkanes of at least 4 members (excludes halogenated alkanes) is 59. The SMILES string of the molecule is CCCCCCCCCCCCCCC/C=C\C/C=C\CCCCCCCCCCCCCCCCCCC(O)C(=O)NC(COC1OC(CO)C(O)C(O)C1O)C(O)C(O)CCCCCCCCCCCCCCCCCCCCCCCCCCCCCCCCC. The third kappa shape index (κ3) is 57.4. The van der Waals surface area contributed by atoms with Crippen LogP contribution >= 0.6 is 0 Å². The molecule has 0 bridgehead atoms. The minimum Gasteiger partial charge on any atom is -0.394 e. The van der Waals surface area contributed by atoms with E-state index in [4.69, 9.17) is 9.47 Å². The number of rotatable bonds is 75. The van der Waals surface area contributed by atoms with Crippen molar-refractivity contribution in [2.45, 2.75) is 486 Å². The third-order valence-electron chi connectivity index (χ3n) is 20.5. The molecule has 0 aliphatic carbocycles. The van der Waals surface area contributed by atoms with E-state index < -0.39 is 74.2 Å². The summed E-state index contributed by atoms with van der Waals surface area (Å²) in [4.78, 5) is 13.3. The Morgan fingerprint density at radius 2 is 0.649 bits per heavy atom. The summed E-state index contributed by atoms with van der Waals surface area (Å²) < 4.78 is 11.2. The standard InChI is InChI=1S/C83H161NO10/c1-3-5-7-9-11-13-15-17-19-21-23-25-27-29-31-33-35-36-37-38-39-41-43-45-47-49-51-53-55-57-59-61-63-65-67-69-71-76(87)82(92)84-74(73-93-83-81(91)80(90)79(89)77(72-85)94-83)78(88)75(86)70-68-66-64-62-60-58-56-54-52-50-48-46-44-42-40-34-32-30-28-26-24-22-20-18-16-14-12-10-8-6-4-2/h31,33,36-37,74-81,83,85-91H,3-30,32,34-35,38-73H2,1-2H3,(H,84,92)/b33-31-,37-36-. The highest BCUT2D eigenvalue weighted by Crippen LogP contribution is 2.25. The molecule has 1 fully saturated rings. The first kappa shape index (κ1) is 90.6. The predicted octanol–water partition coefficient (Wildman–Crippen LogP) is 21.9. The van der Waals surface area contributed by atoms with Crippen molar-refractivity contribution in [3.8, 4) is 0 Å². The van der Waals surface area contributed by atoms with Gasteiger partial charge in [0.25, 0.3) is 0 Å². The summed E-state index contributed by atoms with van der Waals surface area (Å²) in [5, 5.41) is 76.8. The lowest BCUT2D eigenvalue weighted by Crippen LogP contribution is -2.60. The Kier molecular flexibility index (Phi) is 68.8. The lowest BCUT2D eigenvalue weighted by molar-refractivity contribution is -0.303. The fourth-order valence-corrected chi connectivity index (χ4v) is 13.9. The molecule has 1 aliphatic heterocycles. The van der Waals surface area contributed by atoms with Crippen LogP contribution in [0, 0.1) is 0 Å². The molecule has 1 aliphatic rings. The molecule has 9 unspecified atom stereocenters. The van der Waals surface area contributed by atoms with Crippen LogP contribution in [-0.4, -0.2) is 110 Å². The molecular formula is C83H161NO10. The van der Waals surface area contributed by atoms with Crippen molar-refractivity contribution in [1.29, 1.82) is 0 Å². The lowest BCUT2D eigenvalue weighted by atomic mass is 9.98. The molecular weight excluding hydrogens is 1170 g/mol. The van der Waals surface area contributed by atoms with Crippen LogP contribution in [0.4, 0.5) is 0 Å². The van der Waals surface area contributed by atoms with Gasteiger partial charge in [-0.2, -0.15) is 0 Å². The number of allylic oxidation sites excluding steroid dienone is 4. The Morgan fingerprint density at radius 3 is 0.947 bits per heavy atom. The van der Waals surface area contributed by atoms with Crippen molar-refractivity contribution < 1.29 is 50.0 Å². The predicted molar refractivity (Wildman–Crippen MR) is 399 cm³/mol. The molecule has 94 heavy (non-hydrogen) atoms. The molecule has 558 valence electrons. The molecule has 11 nitrogen and oxygen atoms in total. The number of hydrogen-bond donors (Lipinski definition) is 8. The van der Waals surface area contributed by atoms with Gasteiger partial charge < -0.3 is 50.5 Å². The van der Waals surface area contributed by atoms with Gasteiger partial charge in [0.2, 0.25) is 5.91 Å². The number of carbonyl (C=O) groups excluding carboxylic acids is 1. The van der Waals surface area contributed by atoms with E-state index in [2.05, 4.69) is 43.5 Å². The maximum Gasteiger partial charge on any atom is 0.249 e. The van der Waals surface area contributed by atoms with Gasteiger partial charge in [0.1, 0.15) is 36.6 Å². The Balaban J connectivity index is 2.11. The maximum absolute atomic E-state index is 13.3. The smallest absolute Gasteiger partial charge is 0.249 e. The number of hydrogen-bond acceptors (Lipinski definition) is 10. The summed E-state index contributed by atoms with van der Waals surface area (Å²) in [6, 6.07) is -1.17. The molecule has 0 spiro atoms. The summed E-state index contributed by atoms with van der Waals surface area (Å²) in [6.07, 6.45) is 81.6. The summed E-state index contributed by atoms with van der Waals surface area (Å²) >= 11 is 0. The van der Waals surface area contributed by atoms with E-state index in [-0.39, 0.29) is 6.42 Å². The van der Waals surface area contributed by atoms with Crippen LogP contribution in [-0.2, 0) is 14.3 Å². The number of nitrogens with one attached hydrogen (secondary N) is 1. The average molecular weight is 1330 g/mol. The van der Waals surface area contributed by atoms with Crippen LogP contribution < -0.4 is 5.32 Å². The minimum atomic E-state index is -1.66. The van der Waals surface area contributed by atoms with Crippen molar-refractivity contribution in [2.24, 2.45) is 0 Å². The molecule has 0 aromatic heterocycles. The number of carbonyl (C=O) groups is 1. The highest BCUT2D eigenvalue weighted by Gasteiger charge is 2.44. The van der Waals surface area contributed by atoms with Crippen molar-refractivity contribution in [3.05, 3.63) is 24.3 Å². The summed E-state index contributed by atoms with van der Waals surface area (Å²) in [5.74, 6) is -0.688. The Hall–Kier alpha value is -1.41. The Morgan fingerprint density at radius 1 is 0.372 bits per heavy atom. The van der Waals surface area contributed by atoms with E-state index in [9.17, 15) is 40.5 Å². The van der Waals surface area contributed by atoms with E-state index >= 15 is 0 Å². The largest absolute Gasteiger partial charge is 0.394 e. The van der Waals surface area contributed by atoms with Crippen LogP contribution in [0.1, 0.15) is 431 Å². The third-order valence-corrected chi connectivity index (χ3v) is 20.5. The molecule has 11 heteroatoms. The monoisotopic (exact) mass is 1330 g/mol. The summed E-state index contributed by atoms with van der Waals surface area (Å²) in [6.45, 7) is 3.54. The van der Waals surface area contributed by atoms with Gasteiger partial charge in [0, 0.05) is 0 Å². The topological polar surface area (TPSA) is 189 Å². The van der Waals surface area contributed by atoms with Gasteiger partial charge in [0.05, 0.1) is 25.4 Å². The van der Waals surface area contributed by atoms with Gasteiger partial charge >= 0.3 is 0 Å². The first-order valence-electron chi connectivity index (χ1n) is 41.7. The average Bonchev–Trinajstić information content (AvgIpc) is 0.901. The zero-order valence-corrected chi connectivity index (χ0v) is 62.2. The van der Waals surface area contributed by atoms with E-state index in [0.717, 1.165) is 44.9 Å². The summed E-state index contributed by atoms with van der Waals surface area (Å²) in [5.41, 5.74) is 0. The second-order valence-corrected chi connectivity index (χ2v) is 29.6. The van der Waals surface area contributed by atoms with Gasteiger partial charge in [-0.15, -0.1) is 0 Å². The Labute approximate surface area is 582 Å².